The molecule has 1 fully saturated rings. The van der Waals surface area contributed by atoms with Crippen molar-refractivity contribution < 1.29 is 19.1 Å². The van der Waals surface area contributed by atoms with Gasteiger partial charge in [0.1, 0.15) is 5.75 Å². The number of nitrogens with two attached hydrogens (primary N) is 1. The van der Waals surface area contributed by atoms with E-state index in [-0.39, 0.29) is 24.3 Å². The summed E-state index contributed by atoms with van der Waals surface area (Å²) in [5, 5.41) is 1.87. The van der Waals surface area contributed by atoms with Crippen LogP contribution in [0.5, 0.6) is 5.75 Å². The molecule has 31 heavy (non-hydrogen) atoms. The minimum absolute atomic E-state index is 0.219. The lowest BCUT2D eigenvalue weighted by atomic mass is 10.1. The summed E-state index contributed by atoms with van der Waals surface area (Å²) in [6, 6.07) is 19.0. The van der Waals surface area contributed by atoms with Crippen molar-refractivity contribution in [2.45, 2.75) is 6.54 Å². The lowest BCUT2D eigenvalue weighted by molar-refractivity contribution is -0.123. The first kappa shape index (κ1) is 21.1. The molecule has 1 saturated heterocycles. The van der Waals surface area contributed by atoms with Crippen LogP contribution in [0.15, 0.2) is 70.0 Å². The molecule has 0 radical (unpaired) electrons. The third kappa shape index (κ3) is 4.81. The highest BCUT2D eigenvalue weighted by Gasteiger charge is 2.35. The zero-order valence-corrected chi connectivity index (χ0v) is 18.6. The largest absolute Gasteiger partial charge is 0.483 e. The van der Waals surface area contributed by atoms with Gasteiger partial charge in [-0.3, -0.25) is 19.3 Å². The minimum atomic E-state index is -0.573. The van der Waals surface area contributed by atoms with Crippen LogP contribution >= 0.6 is 27.7 Å². The van der Waals surface area contributed by atoms with Crippen LogP contribution in [0, 0.1) is 0 Å². The molecule has 0 unspecified atom stereocenters. The fourth-order valence-electron chi connectivity index (χ4n) is 3.18. The molecule has 8 heteroatoms. The van der Waals surface area contributed by atoms with Crippen LogP contribution in [0.25, 0.3) is 16.8 Å². The van der Waals surface area contributed by atoms with Crippen molar-refractivity contribution in [2.75, 3.05) is 6.61 Å². The molecule has 1 aliphatic heterocycles. The van der Waals surface area contributed by atoms with Crippen LogP contribution in [-0.4, -0.2) is 28.6 Å². The number of carbonyl (C=O) groups excluding carboxylic acids is 3. The molecule has 1 heterocycles. The van der Waals surface area contributed by atoms with E-state index >= 15 is 0 Å². The summed E-state index contributed by atoms with van der Waals surface area (Å²) in [6.07, 6.45) is 1.66. The summed E-state index contributed by atoms with van der Waals surface area (Å²) in [6.45, 7) is -0.0119. The Bertz CT molecular complexity index is 1240. The summed E-state index contributed by atoms with van der Waals surface area (Å²) >= 11 is 4.29. The van der Waals surface area contributed by atoms with E-state index in [4.69, 9.17) is 10.5 Å². The molecule has 0 bridgehead atoms. The van der Waals surface area contributed by atoms with E-state index in [1.807, 2.05) is 42.5 Å². The average molecular weight is 497 g/mol. The van der Waals surface area contributed by atoms with Gasteiger partial charge in [-0.1, -0.05) is 42.5 Å². The first-order valence-corrected chi connectivity index (χ1v) is 11.0. The predicted molar refractivity (Wildman–Crippen MR) is 124 cm³/mol. The van der Waals surface area contributed by atoms with Crippen molar-refractivity contribution >= 4 is 61.6 Å². The molecule has 2 N–H and O–H groups in total. The summed E-state index contributed by atoms with van der Waals surface area (Å²) < 4.78 is 5.91. The van der Waals surface area contributed by atoms with Gasteiger partial charge in [-0.25, -0.2) is 0 Å². The van der Waals surface area contributed by atoms with Gasteiger partial charge in [-0.05, 0) is 73.9 Å². The SMILES string of the molecule is NC(=O)COc1ccc(/C=C2\SC(=O)N(Cc3ccc4ccccc4c3)C2=O)cc1Br. The molecule has 0 atom stereocenters. The zero-order chi connectivity index (χ0) is 22.0. The summed E-state index contributed by atoms with van der Waals surface area (Å²) in [4.78, 5) is 37.8. The lowest BCUT2D eigenvalue weighted by Gasteiger charge is -2.13. The molecule has 3 amide bonds. The lowest BCUT2D eigenvalue weighted by Crippen LogP contribution is -2.27. The Morgan fingerprint density at radius 1 is 1.06 bits per heavy atom. The van der Waals surface area contributed by atoms with Crippen LogP contribution < -0.4 is 10.5 Å². The first-order chi connectivity index (χ1) is 14.9. The molecule has 6 nitrogen and oxygen atoms in total. The standard InChI is InChI=1S/C23H17BrN2O4S/c24-18-10-14(6-8-19(18)30-13-21(25)27)11-20-22(28)26(23(29)31-20)12-15-5-7-16-3-1-2-4-17(16)9-15/h1-11H,12-13H2,(H2,25,27)/b20-11-. The van der Waals surface area contributed by atoms with Crippen molar-refractivity contribution in [2.24, 2.45) is 5.73 Å². The highest BCUT2D eigenvalue weighted by atomic mass is 79.9. The molecule has 4 rings (SSSR count). The van der Waals surface area contributed by atoms with E-state index in [9.17, 15) is 14.4 Å². The number of fused-ring (bicyclic) bond motifs is 1. The van der Waals surface area contributed by atoms with Crippen molar-refractivity contribution in [3.8, 4) is 5.75 Å². The number of imide groups is 1. The van der Waals surface area contributed by atoms with Crippen molar-refractivity contribution in [1.82, 2.24) is 4.90 Å². The van der Waals surface area contributed by atoms with Crippen LogP contribution in [0.2, 0.25) is 0 Å². The molecule has 0 aliphatic carbocycles. The maximum Gasteiger partial charge on any atom is 0.293 e. The number of hydrogen-bond acceptors (Lipinski definition) is 5. The fraction of sp³-hybridized carbons (Fsp3) is 0.0870. The second-order valence-electron chi connectivity index (χ2n) is 6.89. The Hall–Kier alpha value is -3.10. The number of amides is 3. The molecule has 0 spiro atoms. The Morgan fingerprint density at radius 3 is 2.58 bits per heavy atom. The van der Waals surface area contributed by atoms with Gasteiger partial charge in [0.25, 0.3) is 17.1 Å². The molecule has 0 saturated carbocycles. The van der Waals surface area contributed by atoms with Crippen LogP contribution in [0.1, 0.15) is 11.1 Å². The van der Waals surface area contributed by atoms with Gasteiger partial charge in [0.2, 0.25) is 0 Å². The summed E-state index contributed by atoms with van der Waals surface area (Å²) in [7, 11) is 0. The predicted octanol–water partition coefficient (Wildman–Crippen LogP) is 4.70. The number of primary amides is 1. The number of halogens is 1. The monoisotopic (exact) mass is 496 g/mol. The first-order valence-electron chi connectivity index (χ1n) is 9.34. The fourth-order valence-corrected chi connectivity index (χ4v) is 4.53. The third-order valence-corrected chi connectivity index (χ3v) is 6.18. The van der Waals surface area contributed by atoms with Crippen molar-refractivity contribution in [1.29, 1.82) is 0 Å². The molecule has 156 valence electrons. The van der Waals surface area contributed by atoms with Crippen molar-refractivity contribution in [3.05, 3.63) is 81.2 Å². The Balaban J connectivity index is 1.51. The maximum absolute atomic E-state index is 12.8. The molecule has 3 aromatic rings. The quantitative estimate of drug-likeness (QED) is 0.499. The minimum Gasteiger partial charge on any atom is -0.483 e. The van der Waals surface area contributed by atoms with Crippen LogP contribution in [0.4, 0.5) is 4.79 Å². The normalized spacial score (nSPS) is 15.1. The highest BCUT2D eigenvalue weighted by molar-refractivity contribution is 9.10. The number of carbonyl (C=O) groups is 3. The van der Waals surface area contributed by atoms with Gasteiger partial charge < -0.3 is 10.5 Å². The van der Waals surface area contributed by atoms with E-state index < -0.39 is 5.91 Å². The Morgan fingerprint density at radius 2 is 1.84 bits per heavy atom. The number of rotatable bonds is 6. The third-order valence-electron chi connectivity index (χ3n) is 4.65. The van der Waals surface area contributed by atoms with Gasteiger partial charge >= 0.3 is 0 Å². The molecular weight excluding hydrogens is 480 g/mol. The number of nitrogens with zero attached hydrogens (tertiary/aromatic N) is 1. The van der Waals surface area contributed by atoms with E-state index in [1.54, 1.807) is 24.3 Å². The molecule has 0 aromatic heterocycles. The Labute approximate surface area is 191 Å². The van der Waals surface area contributed by atoms with Gasteiger partial charge in [0.05, 0.1) is 15.9 Å². The van der Waals surface area contributed by atoms with Crippen LogP contribution in [0.3, 0.4) is 0 Å². The number of ether oxygens (including phenoxy) is 1. The van der Waals surface area contributed by atoms with Gasteiger partial charge in [-0.2, -0.15) is 0 Å². The van der Waals surface area contributed by atoms with E-state index in [0.29, 0.717) is 15.1 Å². The Kier molecular flexibility index (Phi) is 6.11. The number of thioether (sulfide) groups is 1. The highest BCUT2D eigenvalue weighted by Crippen LogP contribution is 2.35. The number of hydrogen-bond donors (Lipinski definition) is 1. The second-order valence-corrected chi connectivity index (χ2v) is 8.74. The maximum atomic E-state index is 12.8. The second kappa shape index (κ2) is 8.95. The van der Waals surface area contributed by atoms with Gasteiger partial charge in [-0.15, -0.1) is 0 Å². The van der Waals surface area contributed by atoms with Crippen LogP contribution in [-0.2, 0) is 16.1 Å². The smallest absolute Gasteiger partial charge is 0.293 e. The van der Waals surface area contributed by atoms with Gasteiger partial charge in [0, 0.05) is 0 Å². The topological polar surface area (TPSA) is 89.7 Å². The number of benzene rings is 3. The molecular formula is C23H17BrN2O4S. The molecule has 3 aromatic carbocycles. The summed E-state index contributed by atoms with van der Waals surface area (Å²) in [5.74, 6) is -0.440. The average Bonchev–Trinajstić information content (AvgIpc) is 3.00. The zero-order valence-electron chi connectivity index (χ0n) is 16.2. The van der Waals surface area contributed by atoms with E-state index in [1.165, 1.54) is 4.90 Å². The molecule has 1 aliphatic rings. The van der Waals surface area contributed by atoms with Crippen molar-refractivity contribution in [3.63, 3.8) is 0 Å². The van der Waals surface area contributed by atoms with Gasteiger partial charge in [0.15, 0.2) is 6.61 Å². The van der Waals surface area contributed by atoms with E-state index in [0.717, 1.165) is 33.7 Å². The summed E-state index contributed by atoms with van der Waals surface area (Å²) in [5.41, 5.74) is 6.69. The van der Waals surface area contributed by atoms with E-state index in [2.05, 4.69) is 15.9 Å².